The summed E-state index contributed by atoms with van der Waals surface area (Å²) in [6, 6.07) is 15.4. The van der Waals surface area contributed by atoms with Gasteiger partial charge in [-0.1, -0.05) is 65.7 Å². The highest BCUT2D eigenvalue weighted by molar-refractivity contribution is 7.13. The van der Waals surface area contributed by atoms with Gasteiger partial charge in [0.25, 0.3) is 0 Å². The fraction of sp³-hybridized carbons (Fsp3) is 0.0556. The van der Waals surface area contributed by atoms with Crippen molar-refractivity contribution in [1.29, 1.82) is 0 Å². The molecule has 0 aliphatic heterocycles. The minimum absolute atomic E-state index is 0.505. The van der Waals surface area contributed by atoms with Crippen LogP contribution >= 0.6 is 34.5 Å². The van der Waals surface area contributed by atoms with E-state index in [1.54, 1.807) is 12.1 Å². The Bertz CT molecular complexity index is 873. The van der Waals surface area contributed by atoms with Crippen LogP contribution in [0.5, 0.6) is 0 Å². The van der Waals surface area contributed by atoms with Gasteiger partial charge in [-0.05, 0) is 23.8 Å². The van der Waals surface area contributed by atoms with Crippen LogP contribution in [0, 0.1) is 0 Å². The van der Waals surface area contributed by atoms with Crippen LogP contribution < -0.4 is 0 Å². The smallest absolute Gasteiger partial charge is 0.217 e. The van der Waals surface area contributed by atoms with Gasteiger partial charge in [0, 0.05) is 16.0 Å². The van der Waals surface area contributed by atoms with Crippen LogP contribution in [0.3, 0.4) is 0 Å². The first-order valence-electron chi connectivity index (χ1n) is 7.22. The highest BCUT2D eigenvalue weighted by atomic mass is 35.5. The normalized spacial score (nSPS) is 11.6. The molecule has 0 saturated carbocycles. The quantitative estimate of drug-likeness (QED) is 0.447. The second kappa shape index (κ2) is 8.20. The molecule has 0 radical (unpaired) electrons. The molecule has 0 atom stereocenters. The van der Waals surface area contributed by atoms with Gasteiger partial charge in [-0.3, -0.25) is 0 Å². The summed E-state index contributed by atoms with van der Waals surface area (Å²) in [5, 5.41) is 12.0. The van der Waals surface area contributed by atoms with E-state index in [4.69, 9.17) is 23.2 Å². The van der Waals surface area contributed by atoms with Crippen molar-refractivity contribution >= 4 is 45.7 Å². The summed E-state index contributed by atoms with van der Waals surface area (Å²) >= 11 is 13.5. The molecule has 0 aliphatic rings. The van der Waals surface area contributed by atoms with E-state index in [0.717, 1.165) is 16.8 Å². The maximum absolute atomic E-state index is 6.19. The number of hydrogen-bond donors (Lipinski definition) is 0. The molecule has 0 aliphatic carbocycles. The number of halogens is 2. The molecular weight excluding hydrogens is 361 g/mol. The van der Waals surface area contributed by atoms with E-state index in [0.29, 0.717) is 21.7 Å². The first-order chi connectivity index (χ1) is 11.7. The monoisotopic (exact) mass is 373 g/mol. The van der Waals surface area contributed by atoms with E-state index in [2.05, 4.69) is 15.2 Å². The fourth-order valence-electron chi connectivity index (χ4n) is 2.03. The second-order valence-electron chi connectivity index (χ2n) is 4.88. The van der Waals surface area contributed by atoms with Crippen LogP contribution in [0.1, 0.15) is 5.56 Å². The summed E-state index contributed by atoms with van der Waals surface area (Å²) in [4.78, 5) is 4.43. The third-order valence-corrected chi connectivity index (χ3v) is 4.43. The first kappa shape index (κ1) is 16.8. The number of thiazole rings is 1. The third kappa shape index (κ3) is 4.51. The maximum atomic E-state index is 6.19. The molecule has 2 aromatic carbocycles. The lowest BCUT2D eigenvalue weighted by Gasteiger charge is -2.00. The topological polar surface area (TPSA) is 37.6 Å². The molecule has 0 fully saturated rings. The second-order valence-corrected chi connectivity index (χ2v) is 6.56. The SMILES string of the molecule is Clc1ccc(-c2csc(N=NCC=Cc3ccccc3)n2)c(Cl)c1. The van der Waals surface area contributed by atoms with Crippen LogP contribution in [-0.2, 0) is 0 Å². The maximum Gasteiger partial charge on any atom is 0.230 e. The Labute approximate surface area is 154 Å². The fourth-order valence-corrected chi connectivity index (χ4v) is 3.19. The first-order valence-corrected chi connectivity index (χ1v) is 8.86. The summed E-state index contributed by atoms with van der Waals surface area (Å²) in [5.41, 5.74) is 2.75. The number of nitrogens with zero attached hydrogens (tertiary/aromatic N) is 3. The van der Waals surface area contributed by atoms with Crippen molar-refractivity contribution in [2.45, 2.75) is 0 Å². The number of azo groups is 1. The largest absolute Gasteiger partial charge is 0.230 e. The van der Waals surface area contributed by atoms with Crippen LogP contribution in [0.25, 0.3) is 17.3 Å². The van der Waals surface area contributed by atoms with Gasteiger partial charge in [0.1, 0.15) is 0 Å². The zero-order valence-corrected chi connectivity index (χ0v) is 14.9. The van der Waals surface area contributed by atoms with E-state index < -0.39 is 0 Å². The summed E-state index contributed by atoms with van der Waals surface area (Å²) in [6.07, 6.45) is 3.98. The van der Waals surface area contributed by atoms with E-state index >= 15 is 0 Å². The van der Waals surface area contributed by atoms with Crippen LogP contribution in [0.4, 0.5) is 5.13 Å². The van der Waals surface area contributed by atoms with Crippen molar-refractivity contribution in [3.63, 3.8) is 0 Å². The van der Waals surface area contributed by atoms with Gasteiger partial charge in [0.2, 0.25) is 5.13 Å². The van der Waals surface area contributed by atoms with Gasteiger partial charge < -0.3 is 0 Å². The highest BCUT2D eigenvalue weighted by Crippen LogP contribution is 2.33. The van der Waals surface area contributed by atoms with Crippen molar-refractivity contribution in [2.24, 2.45) is 10.2 Å². The zero-order chi connectivity index (χ0) is 16.8. The molecule has 0 bridgehead atoms. The molecule has 24 heavy (non-hydrogen) atoms. The third-order valence-electron chi connectivity index (χ3n) is 3.15. The summed E-state index contributed by atoms with van der Waals surface area (Å²) in [6.45, 7) is 0.505. The van der Waals surface area contributed by atoms with E-state index in [-0.39, 0.29) is 0 Å². The van der Waals surface area contributed by atoms with E-state index in [1.807, 2.05) is 53.9 Å². The minimum Gasteiger partial charge on any atom is -0.217 e. The average molecular weight is 374 g/mol. The van der Waals surface area contributed by atoms with Crippen molar-refractivity contribution in [2.75, 3.05) is 6.54 Å². The highest BCUT2D eigenvalue weighted by Gasteiger charge is 2.08. The van der Waals surface area contributed by atoms with Gasteiger partial charge in [-0.15, -0.1) is 16.5 Å². The van der Waals surface area contributed by atoms with Gasteiger partial charge in [-0.25, -0.2) is 4.98 Å². The van der Waals surface area contributed by atoms with Gasteiger partial charge in [0.15, 0.2) is 0 Å². The van der Waals surface area contributed by atoms with Gasteiger partial charge in [-0.2, -0.15) is 5.11 Å². The summed E-state index contributed by atoms with van der Waals surface area (Å²) < 4.78 is 0. The molecule has 0 amide bonds. The Balaban J connectivity index is 1.62. The molecule has 1 heterocycles. The Kier molecular flexibility index (Phi) is 5.75. The standard InChI is InChI=1S/C18H13Cl2N3S/c19-14-8-9-15(16(20)11-14)17-12-24-18(22-17)23-21-10-4-7-13-5-2-1-3-6-13/h1-9,11-12H,10H2. The molecule has 0 spiro atoms. The van der Waals surface area contributed by atoms with Crippen molar-refractivity contribution in [3.8, 4) is 11.3 Å². The lowest BCUT2D eigenvalue weighted by molar-refractivity contribution is 1.06. The van der Waals surface area contributed by atoms with Crippen LogP contribution in [-0.4, -0.2) is 11.5 Å². The number of hydrogen-bond acceptors (Lipinski definition) is 4. The molecular formula is C18H13Cl2N3S. The predicted molar refractivity (Wildman–Crippen MR) is 102 cm³/mol. The molecule has 0 unspecified atom stereocenters. The lowest BCUT2D eigenvalue weighted by atomic mass is 10.2. The van der Waals surface area contributed by atoms with Gasteiger partial charge >= 0.3 is 0 Å². The molecule has 3 nitrogen and oxygen atoms in total. The average Bonchev–Trinajstić information content (AvgIpc) is 3.04. The van der Waals surface area contributed by atoms with E-state index in [1.165, 1.54) is 11.3 Å². The molecule has 3 aromatic rings. The summed E-state index contributed by atoms with van der Waals surface area (Å²) in [7, 11) is 0. The van der Waals surface area contributed by atoms with E-state index in [9.17, 15) is 0 Å². The molecule has 6 heteroatoms. The molecule has 0 saturated heterocycles. The lowest BCUT2D eigenvalue weighted by Crippen LogP contribution is -1.79. The number of rotatable bonds is 5. The Morgan fingerprint density at radius 1 is 1.08 bits per heavy atom. The van der Waals surface area contributed by atoms with Crippen LogP contribution in [0.2, 0.25) is 10.0 Å². The Morgan fingerprint density at radius 3 is 2.71 bits per heavy atom. The summed E-state index contributed by atoms with van der Waals surface area (Å²) in [5.74, 6) is 0. The molecule has 120 valence electrons. The Morgan fingerprint density at radius 2 is 1.92 bits per heavy atom. The predicted octanol–water partition coefficient (Wildman–Crippen LogP) is 6.91. The van der Waals surface area contributed by atoms with Crippen molar-refractivity contribution in [3.05, 3.63) is 75.6 Å². The molecule has 1 aromatic heterocycles. The minimum atomic E-state index is 0.505. The van der Waals surface area contributed by atoms with Crippen LogP contribution in [0.15, 0.2) is 70.2 Å². The number of benzene rings is 2. The Hall–Kier alpha value is -2.01. The van der Waals surface area contributed by atoms with Crippen molar-refractivity contribution in [1.82, 2.24) is 4.98 Å². The van der Waals surface area contributed by atoms with Crippen molar-refractivity contribution < 1.29 is 0 Å². The zero-order valence-electron chi connectivity index (χ0n) is 12.6. The molecule has 0 N–H and O–H groups in total. The van der Waals surface area contributed by atoms with Gasteiger partial charge in [0.05, 0.1) is 17.3 Å². The number of aromatic nitrogens is 1. The molecule has 3 rings (SSSR count).